The summed E-state index contributed by atoms with van der Waals surface area (Å²) in [6.07, 6.45) is 0.307. The van der Waals surface area contributed by atoms with Crippen molar-refractivity contribution in [3.63, 3.8) is 0 Å². The second-order valence-corrected chi connectivity index (χ2v) is 9.21. The van der Waals surface area contributed by atoms with Crippen molar-refractivity contribution in [3.8, 4) is 0 Å². The molecule has 0 amide bonds. The van der Waals surface area contributed by atoms with Gasteiger partial charge in [0.25, 0.3) is 0 Å². The molecule has 0 radical (unpaired) electrons. The number of halogens is 3. The first-order chi connectivity index (χ1) is 16.2. The number of alkyl halides is 3. The van der Waals surface area contributed by atoms with E-state index in [1.165, 1.54) is 0 Å². The molecule has 2 heterocycles. The van der Waals surface area contributed by atoms with E-state index in [9.17, 15) is 13.2 Å². The van der Waals surface area contributed by atoms with Gasteiger partial charge in [-0.2, -0.15) is 13.2 Å². The van der Waals surface area contributed by atoms with Crippen molar-refractivity contribution in [1.29, 1.82) is 0 Å². The SMILES string of the molecule is C=C=C(CCNc1cc2c(NC3CCN(C)CC3)cccc2c(C(=C)C(F)(F)F)n1)NC1CC1. The lowest BCUT2D eigenvalue weighted by molar-refractivity contribution is -0.0688. The van der Waals surface area contributed by atoms with Gasteiger partial charge in [0.05, 0.1) is 17.0 Å². The first kappa shape index (κ1) is 24.2. The number of rotatable bonds is 9. The van der Waals surface area contributed by atoms with Crippen LogP contribution >= 0.6 is 0 Å². The molecular formula is C26H32F3N5. The molecule has 2 aliphatic rings. The number of fused-ring (bicyclic) bond motifs is 1. The molecule has 34 heavy (non-hydrogen) atoms. The molecule has 2 fully saturated rings. The third kappa shape index (κ3) is 5.93. The Bertz CT molecular complexity index is 1090. The Kier molecular flexibility index (Phi) is 7.19. The fourth-order valence-corrected chi connectivity index (χ4v) is 4.23. The minimum atomic E-state index is -4.57. The van der Waals surface area contributed by atoms with Gasteiger partial charge in [-0.1, -0.05) is 25.3 Å². The summed E-state index contributed by atoms with van der Waals surface area (Å²) in [5.74, 6) is 0.389. The van der Waals surface area contributed by atoms with Gasteiger partial charge in [-0.05, 0) is 58.0 Å². The van der Waals surface area contributed by atoms with Crippen molar-refractivity contribution in [2.45, 2.75) is 50.4 Å². The smallest absolute Gasteiger partial charge is 0.382 e. The number of nitrogens with one attached hydrogen (secondary N) is 3. The molecule has 8 heteroatoms. The number of piperidine rings is 1. The van der Waals surface area contributed by atoms with Gasteiger partial charge in [-0.15, -0.1) is 5.73 Å². The van der Waals surface area contributed by atoms with Crippen molar-refractivity contribution in [1.82, 2.24) is 15.2 Å². The third-order valence-corrected chi connectivity index (χ3v) is 6.43. The molecule has 1 saturated carbocycles. The Morgan fingerprint density at radius 3 is 2.53 bits per heavy atom. The normalized spacial score (nSPS) is 17.3. The van der Waals surface area contributed by atoms with Gasteiger partial charge >= 0.3 is 6.18 Å². The van der Waals surface area contributed by atoms with E-state index in [0.717, 1.165) is 50.2 Å². The van der Waals surface area contributed by atoms with Crippen LogP contribution in [-0.2, 0) is 0 Å². The average molecular weight is 472 g/mol. The molecule has 0 spiro atoms. The zero-order chi connectivity index (χ0) is 24.3. The fourth-order valence-electron chi connectivity index (χ4n) is 4.23. The molecule has 1 saturated heterocycles. The van der Waals surface area contributed by atoms with Gasteiger partial charge in [0.2, 0.25) is 0 Å². The summed E-state index contributed by atoms with van der Waals surface area (Å²) in [5.41, 5.74) is 3.55. The van der Waals surface area contributed by atoms with Crippen LogP contribution in [0.4, 0.5) is 24.7 Å². The molecule has 4 rings (SSSR count). The van der Waals surface area contributed by atoms with Crippen LogP contribution in [0.25, 0.3) is 16.3 Å². The first-order valence-electron chi connectivity index (χ1n) is 11.8. The Morgan fingerprint density at radius 2 is 1.88 bits per heavy atom. The Hall–Kier alpha value is -2.96. The number of likely N-dealkylation sites (tertiary alicyclic amines) is 1. The number of hydrogen-bond donors (Lipinski definition) is 3. The molecule has 0 unspecified atom stereocenters. The predicted octanol–water partition coefficient (Wildman–Crippen LogP) is 5.54. The van der Waals surface area contributed by atoms with Crippen molar-refractivity contribution >= 4 is 27.9 Å². The zero-order valence-electron chi connectivity index (χ0n) is 19.6. The molecule has 182 valence electrons. The van der Waals surface area contributed by atoms with Crippen LogP contribution in [0, 0.1) is 0 Å². The van der Waals surface area contributed by atoms with E-state index in [4.69, 9.17) is 0 Å². The molecule has 1 aromatic carbocycles. The van der Waals surface area contributed by atoms with E-state index in [1.807, 2.05) is 12.1 Å². The molecule has 0 atom stereocenters. The van der Waals surface area contributed by atoms with Gasteiger partial charge in [-0.3, -0.25) is 0 Å². The van der Waals surface area contributed by atoms with Crippen molar-refractivity contribution in [2.75, 3.05) is 37.3 Å². The highest BCUT2D eigenvalue weighted by Crippen LogP contribution is 2.38. The minimum absolute atomic E-state index is 0.143. The molecule has 1 aliphatic heterocycles. The monoisotopic (exact) mass is 471 g/mol. The maximum atomic E-state index is 13.6. The van der Waals surface area contributed by atoms with E-state index in [-0.39, 0.29) is 11.7 Å². The van der Waals surface area contributed by atoms with Gasteiger partial charge in [0.15, 0.2) is 0 Å². The van der Waals surface area contributed by atoms with Crippen LogP contribution in [-0.4, -0.2) is 54.8 Å². The fraction of sp³-hybridized carbons (Fsp3) is 0.462. The summed E-state index contributed by atoms with van der Waals surface area (Å²) in [5, 5.41) is 11.3. The maximum absolute atomic E-state index is 13.6. The standard InChI is InChI=1S/C26H32F3N5/c1-4-18(31-19-8-9-19)10-13-30-24-16-22-21(25(33-24)17(2)26(27,28)29)6-5-7-23(22)32-20-11-14-34(3)15-12-20/h5-7,16,19-20,31-32H,1-2,8-15H2,3H3,(H,30,33). The van der Waals surface area contributed by atoms with E-state index < -0.39 is 11.7 Å². The zero-order valence-corrected chi connectivity index (χ0v) is 19.6. The predicted molar refractivity (Wildman–Crippen MR) is 133 cm³/mol. The lowest BCUT2D eigenvalue weighted by atomic mass is 10.0. The molecule has 3 N–H and O–H groups in total. The molecular weight excluding hydrogens is 439 g/mol. The lowest BCUT2D eigenvalue weighted by Gasteiger charge is -2.30. The molecule has 5 nitrogen and oxygen atoms in total. The van der Waals surface area contributed by atoms with E-state index in [0.29, 0.717) is 35.6 Å². The maximum Gasteiger partial charge on any atom is 0.417 e. The summed E-state index contributed by atoms with van der Waals surface area (Å²) >= 11 is 0. The van der Waals surface area contributed by atoms with Gasteiger partial charge in [0.1, 0.15) is 5.82 Å². The summed E-state index contributed by atoms with van der Waals surface area (Å²) in [6.45, 7) is 9.53. The second kappa shape index (κ2) is 10.1. The van der Waals surface area contributed by atoms with Crippen LogP contribution in [0.15, 0.2) is 48.9 Å². The highest BCUT2D eigenvalue weighted by molar-refractivity contribution is 6.01. The number of allylic oxidation sites excluding steroid dienone is 1. The Labute approximate surface area is 198 Å². The van der Waals surface area contributed by atoms with Crippen LogP contribution in [0.2, 0.25) is 0 Å². The Balaban J connectivity index is 1.61. The van der Waals surface area contributed by atoms with Crippen molar-refractivity contribution in [3.05, 3.63) is 54.5 Å². The van der Waals surface area contributed by atoms with Crippen LogP contribution < -0.4 is 16.0 Å². The molecule has 2 aromatic rings. The summed E-state index contributed by atoms with van der Waals surface area (Å²) in [4.78, 5) is 6.61. The van der Waals surface area contributed by atoms with Crippen molar-refractivity contribution in [2.24, 2.45) is 0 Å². The van der Waals surface area contributed by atoms with Crippen LogP contribution in [0.1, 0.15) is 37.8 Å². The highest BCUT2D eigenvalue weighted by atomic mass is 19.4. The van der Waals surface area contributed by atoms with Gasteiger partial charge in [0, 0.05) is 41.5 Å². The second-order valence-electron chi connectivity index (χ2n) is 9.21. The summed E-state index contributed by atoms with van der Waals surface area (Å²) < 4.78 is 40.9. The lowest BCUT2D eigenvalue weighted by Crippen LogP contribution is -2.36. The molecule has 1 aromatic heterocycles. The van der Waals surface area contributed by atoms with E-state index in [1.54, 1.807) is 12.1 Å². The number of anilines is 2. The average Bonchev–Trinajstić information content (AvgIpc) is 3.63. The summed E-state index contributed by atoms with van der Waals surface area (Å²) in [7, 11) is 2.10. The van der Waals surface area contributed by atoms with E-state index >= 15 is 0 Å². The van der Waals surface area contributed by atoms with Crippen molar-refractivity contribution < 1.29 is 13.2 Å². The molecule has 1 aliphatic carbocycles. The number of hydrogen-bond acceptors (Lipinski definition) is 5. The first-order valence-corrected chi connectivity index (χ1v) is 11.8. The minimum Gasteiger partial charge on any atom is -0.382 e. The number of pyridine rings is 1. The Morgan fingerprint density at radius 1 is 1.15 bits per heavy atom. The quantitative estimate of drug-likeness (QED) is 0.420. The van der Waals surface area contributed by atoms with Crippen LogP contribution in [0.3, 0.4) is 0 Å². The number of nitrogens with zero attached hydrogens (tertiary/aromatic N) is 2. The summed E-state index contributed by atoms with van der Waals surface area (Å²) in [6, 6.07) is 7.95. The van der Waals surface area contributed by atoms with E-state index in [2.05, 4.69) is 51.8 Å². The topological polar surface area (TPSA) is 52.2 Å². The third-order valence-electron chi connectivity index (χ3n) is 6.43. The largest absolute Gasteiger partial charge is 0.417 e. The van der Waals surface area contributed by atoms with Gasteiger partial charge in [-0.25, -0.2) is 4.98 Å². The number of benzene rings is 1. The number of aromatic nitrogens is 1. The highest BCUT2D eigenvalue weighted by Gasteiger charge is 2.35. The molecule has 0 bridgehead atoms. The van der Waals surface area contributed by atoms with Gasteiger partial charge < -0.3 is 20.9 Å². The van der Waals surface area contributed by atoms with Crippen LogP contribution in [0.5, 0.6) is 0 Å².